The Balaban J connectivity index is 2.74. The highest BCUT2D eigenvalue weighted by Gasteiger charge is 1.94. The molecule has 0 atom stereocenters. The third-order valence-electron chi connectivity index (χ3n) is 1.95. The Morgan fingerprint density at radius 2 is 2.27 bits per heavy atom. The van der Waals surface area contributed by atoms with E-state index in [1.807, 2.05) is 12.1 Å². The summed E-state index contributed by atoms with van der Waals surface area (Å²) in [5, 5.41) is 0.910. The molecule has 1 aromatic carbocycles. The molecular weight excluding hydrogens is 252 g/mol. The van der Waals surface area contributed by atoms with Crippen molar-refractivity contribution in [2.45, 2.75) is 20.3 Å². The molecule has 0 unspecified atom stereocenters. The van der Waals surface area contributed by atoms with Gasteiger partial charge in [0.15, 0.2) is 0 Å². The lowest BCUT2D eigenvalue weighted by Crippen LogP contribution is -1.94. The summed E-state index contributed by atoms with van der Waals surface area (Å²) in [6.45, 7) is 5.00. The van der Waals surface area contributed by atoms with E-state index in [0.29, 0.717) is 0 Å². The van der Waals surface area contributed by atoms with Gasteiger partial charge in [-0.25, -0.2) is 0 Å². The van der Waals surface area contributed by atoms with E-state index in [0.717, 1.165) is 24.1 Å². The number of alkyl halides is 1. The number of ether oxygens (including phenoxy) is 1. The molecule has 0 bridgehead atoms. The molecule has 0 aliphatic rings. The van der Waals surface area contributed by atoms with Crippen molar-refractivity contribution in [1.82, 2.24) is 0 Å². The van der Waals surface area contributed by atoms with Crippen LogP contribution in [-0.2, 0) is 0 Å². The van der Waals surface area contributed by atoms with Gasteiger partial charge in [-0.05, 0) is 31.0 Å². The second-order valence-electron chi connectivity index (χ2n) is 3.55. The first kappa shape index (κ1) is 12.3. The van der Waals surface area contributed by atoms with Crippen molar-refractivity contribution in [3.05, 3.63) is 35.4 Å². The van der Waals surface area contributed by atoms with Crippen LogP contribution in [-0.4, -0.2) is 11.9 Å². The Morgan fingerprint density at radius 3 is 2.93 bits per heavy atom. The lowest BCUT2D eigenvalue weighted by atomic mass is 10.1. The fourth-order valence-corrected chi connectivity index (χ4v) is 1.40. The zero-order valence-corrected chi connectivity index (χ0v) is 10.9. The molecular formula is C13H17BrO. The van der Waals surface area contributed by atoms with Crippen LogP contribution < -0.4 is 4.74 Å². The zero-order chi connectivity index (χ0) is 11.1. The lowest BCUT2D eigenvalue weighted by Gasteiger charge is -2.05. The van der Waals surface area contributed by atoms with E-state index < -0.39 is 0 Å². The molecule has 1 aromatic rings. The van der Waals surface area contributed by atoms with Crippen molar-refractivity contribution >= 4 is 22.0 Å². The van der Waals surface area contributed by atoms with Crippen LogP contribution in [0.1, 0.15) is 25.8 Å². The molecule has 0 amide bonds. The summed E-state index contributed by atoms with van der Waals surface area (Å²) in [5.74, 6) is 0.952. The minimum absolute atomic E-state index is 0.782. The first-order valence-electron chi connectivity index (χ1n) is 5.22. The standard InChI is InChI=1S/C13H17BrO/c1-3-7-15-13-6-4-5-12(9-13)8-11(2)10-14/h4-6,8-9H,3,7,10H2,1-2H3. The van der Waals surface area contributed by atoms with Gasteiger partial charge in [-0.15, -0.1) is 0 Å². The predicted molar refractivity (Wildman–Crippen MR) is 69.7 cm³/mol. The summed E-state index contributed by atoms with van der Waals surface area (Å²) >= 11 is 3.43. The predicted octanol–water partition coefficient (Wildman–Crippen LogP) is 4.27. The average Bonchev–Trinajstić information content (AvgIpc) is 2.26. The van der Waals surface area contributed by atoms with E-state index in [-0.39, 0.29) is 0 Å². The Labute approximate surface area is 100 Å². The van der Waals surface area contributed by atoms with Gasteiger partial charge >= 0.3 is 0 Å². The van der Waals surface area contributed by atoms with E-state index in [9.17, 15) is 0 Å². The molecule has 0 saturated carbocycles. The van der Waals surface area contributed by atoms with Gasteiger partial charge < -0.3 is 4.74 Å². The number of rotatable bonds is 5. The molecule has 0 aliphatic heterocycles. The van der Waals surface area contributed by atoms with Crippen molar-refractivity contribution in [3.63, 3.8) is 0 Å². The summed E-state index contributed by atoms with van der Waals surface area (Å²) in [7, 11) is 0. The quantitative estimate of drug-likeness (QED) is 0.725. The van der Waals surface area contributed by atoms with Gasteiger partial charge in [0.25, 0.3) is 0 Å². The SMILES string of the molecule is CCCOc1cccc(C=C(C)CBr)c1. The highest BCUT2D eigenvalue weighted by atomic mass is 79.9. The van der Waals surface area contributed by atoms with Gasteiger partial charge in [-0.1, -0.05) is 46.6 Å². The summed E-state index contributed by atoms with van der Waals surface area (Å²) in [6, 6.07) is 8.18. The molecule has 1 nitrogen and oxygen atoms in total. The fraction of sp³-hybridized carbons (Fsp3) is 0.385. The van der Waals surface area contributed by atoms with Gasteiger partial charge in [0.1, 0.15) is 5.75 Å². The number of allylic oxidation sites excluding steroid dienone is 1. The maximum atomic E-state index is 5.57. The van der Waals surface area contributed by atoms with Gasteiger partial charge in [0.05, 0.1) is 6.61 Å². The summed E-state index contributed by atoms with van der Waals surface area (Å²) in [6.07, 6.45) is 3.20. The van der Waals surface area contributed by atoms with E-state index in [1.165, 1.54) is 11.1 Å². The molecule has 0 fully saturated rings. The molecule has 0 radical (unpaired) electrons. The van der Waals surface area contributed by atoms with Gasteiger partial charge in [-0.3, -0.25) is 0 Å². The van der Waals surface area contributed by atoms with E-state index >= 15 is 0 Å². The molecule has 0 N–H and O–H groups in total. The molecule has 2 heteroatoms. The molecule has 0 aromatic heterocycles. The molecule has 0 aliphatic carbocycles. The van der Waals surface area contributed by atoms with Crippen LogP contribution >= 0.6 is 15.9 Å². The largest absolute Gasteiger partial charge is 0.494 e. The van der Waals surface area contributed by atoms with Crippen LogP contribution in [0.3, 0.4) is 0 Å². The monoisotopic (exact) mass is 268 g/mol. The number of hydrogen-bond acceptors (Lipinski definition) is 1. The average molecular weight is 269 g/mol. The van der Waals surface area contributed by atoms with Gasteiger partial charge in [0, 0.05) is 5.33 Å². The van der Waals surface area contributed by atoms with Crippen LogP contribution in [0.15, 0.2) is 29.8 Å². The Kier molecular flexibility index (Phi) is 5.48. The maximum Gasteiger partial charge on any atom is 0.119 e. The van der Waals surface area contributed by atoms with Crippen molar-refractivity contribution in [3.8, 4) is 5.75 Å². The second-order valence-corrected chi connectivity index (χ2v) is 4.11. The minimum atomic E-state index is 0.782. The van der Waals surface area contributed by atoms with Gasteiger partial charge in [-0.2, -0.15) is 0 Å². The highest BCUT2D eigenvalue weighted by Crippen LogP contribution is 2.16. The lowest BCUT2D eigenvalue weighted by molar-refractivity contribution is 0.317. The molecule has 15 heavy (non-hydrogen) atoms. The van der Waals surface area contributed by atoms with Crippen LogP contribution in [0, 0.1) is 0 Å². The first-order chi connectivity index (χ1) is 7.26. The van der Waals surface area contributed by atoms with Crippen LogP contribution in [0.2, 0.25) is 0 Å². The van der Waals surface area contributed by atoms with Gasteiger partial charge in [0.2, 0.25) is 0 Å². The molecule has 1 rings (SSSR count). The van der Waals surface area contributed by atoms with Crippen LogP contribution in [0.25, 0.3) is 6.08 Å². The topological polar surface area (TPSA) is 9.23 Å². The Hall–Kier alpha value is -0.760. The normalized spacial score (nSPS) is 11.5. The molecule has 0 saturated heterocycles. The summed E-state index contributed by atoms with van der Waals surface area (Å²) in [5.41, 5.74) is 2.50. The third kappa shape index (κ3) is 4.52. The van der Waals surface area contributed by atoms with E-state index in [1.54, 1.807) is 0 Å². The minimum Gasteiger partial charge on any atom is -0.494 e. The molecule has 82 valence electrons. The highest BCUT2D eigenvalue weighted by molar-refractivity contribution is 9.09. The summed E-state index contributed by atoms with van der Waals surface area (Å²) in [4.78, 5) is 0. The molecule has 0 heterocycles. The van der Waals surface area contributed by atoms with E-state index in [2.05, 4.69) is 48.0 Å². The third-order valence-corrected chi connectivity index (χ3v) is 2.84. The smallest absolute Gasteiger partial charge is 0.119 e. The van der Waals surface area contributed by atoms with E-state index in [4.69, 9.17) is 4.74 Å². The maximum absolute atomic E-state index is 5.57. The van der Waals surface area contributed by atoms with Crippen molar-refractivity contribution in [2.24, 2.45) is 0 Å². The number of hydrogen-bond donors (Lipinski definition) is 0. The fourth-order valence-electron chi connectivity index (χ4n) is 1.24. The Bertz CT molecular complexity index is 331. The Morgan fingerprint density at radius 1 is 1.47 bits per heavy atom. The summed E-state index contributed by atoms with van der Waals surface area (Å²) < 4.78 is 5.57. The zero-order valence-electron chi connectivity index (χ0n) is 9.29. The van der Waals surface area contributed by atoms with Crippen molar-refractivity contribution in [1.29, 1.82) is 0 Å². The van der Waals surface area contributed by atoms with Crippen LogP contribution in [0.5, 0.6) is 5.75 Å². The van der Waals surface area contributed by atoms with Crippen molar-refractivity contribution in [2.75, 3.05) is 11.9 Å². The number of halogens is 1. The second kappa shape index (κ2) is 6.67. The molecule has 0 spiro atoms. The van der Waals surface area contributed by atoms with Crippen molar-refractivity contribution < 1.29 is 4.74 Å². The number of benzene rings is 1. The first-order valence-corrected chi connectivity index (χ1v) is 6.34. The van der Waals surface area contributed by atoms with Crippen LogP contribution in [0.4, 0.5) is 0 Å².